The van der Waals surface area contributed by atoms with Gasteiger partial charge in [0.25, 0.3) is 0 Å². The van der Waals surface area contributed by atoms with Crippen molar-refractivity contribution in [3.63, 3.8) is 0 Å². The summed E-state index contributed by atoms with van der Waals surface area (Å²) in [4.78, 5) is 0. The van der Waals surface area contributed by atoms with Gasteiger partial charge in [-0.3, -0.25) is 5.32 Å². The van der Waals surface area contributed by atoms with E-state index < -0.39 is 0 Å². The van der Waals surface area contributed by atoms with E-state index in [1.807, 2.05) is 30.3 Å². The van der Waals surface area contributed by atoms with Gasteiger partial charge in [0.1, 0.15) is 5.76 Å². The molecule has 3 nitrogen and oxygen atoms in total. The third kappa shape index (κ3) is 3.22. The summed E-state index contributed by atoms with van der Waals surface area (Å²) in [6.07, 6.45) is 1.70. The molecular weight excluding hydrogens is 226 g/mol. The quantitative estimate of drug-likeness (QED) is 0.847. The number of ether oxygens (including phenoxy) is 1. The van der Waals surface area contributed by atoms with Gasteiger partial charge in [-0.2, -0.15) is 0 Å². The summed E-state index contributed by atoms with van der Waals surface area (Å²) in [5.74, 6) is 0.937. The van der Waals surface area contributed by atoms with Crippen molar-refractivity contribution in [2.45, 2.75) is 19.0 Å². The van der Waals surface area contributed by atoms with Crippen molar-refractivity contribution in [3.05, 3.63) is 60.1 Å². The highest BCUT2D eigenvalue weighted by molar-refractivity contribution is 5.19. The van der Waals surface area contributed by atoms with Gasteiger partial charge in [0, 0.05) is 7.11 Å². The van der Waals surface area contributed by atoms with Crippen LogP contribution in [0.1, 0.15) is 30.3 Å². The molecule has 0 aliphatic heterocycles. The molecule has 1 heterocycles. The van der Waals surface area contributed by atoms with E-state index in [2.05, 4.69) is 24.4 Å². The minimum Gasteiger partial charge on any atom is -0.468 e. The zero-order valence-corrected chi connectivity index (χ0v) is 10.8. The first kappa shape index (κ1) is 12.9. The number of nitrogens with one attached hydrogen (secondary N) is 1. The predicted molar refractivity (Wildman–Crippen MR) is 71.3 cm³/mol. The first-order valence-electron chi connectivity index (χ1n) is 6.14. The zero-order valence-electron chi connectivity index (χ0n) is 10.8. The molecule has 0 saturated heterocycles. The Kier molecular flexibility index (Phi) is 4.56. The molecule has 0 spiro atoms. The first-order chi connectivity index (χ1) is 8.81. The summed E-state index contributed by atoms with van der Waals surface area (Å²) in [5.41, 5.74) is 1.22. The summed E-state index contributed by atoms with van der Waals surface area (Å²) < 4.78 is 10.7. The molecule has 0 saturated carbocycles. The fourth-order valence-corrected chi connectivity index (χ4v) is 2.01. The van der Waals surface area contributed by atoms with E-state index in [4.69, 9.17) is 9.15 Å². The zero-order chi connectivity index (χ0) is 12.8. The maximum Gasteiger partial charge on any atom is 0.120 e. The molecule has 2 atom stereocenters. The van der Waals surface area contributed by atoms with Crippen LogP contribution in [0.4, 0.5) is 0 Å². The molecule has 0 bridgehead atoms. The van der Waals surface area contributed by atoms with Crippen molar-refractivity contribution in [2.24, 2.45) is 0 Å². The molecule has 3 heteroatoms. The summed E-state index contributed by atoms with van der Waals surface area (Å²) in [6, 6.07) is 14.5. The van der Waals surface area contributed by atoms with Crippen LogP contribution in [0.5, 0.6) is 0 Å². The number of hydrogen-bond donors (Lipinski definition) is 1. The van der Waals surface area contributed by atoms with E-state index in [1.54, 1.807) is 13.4 Å². The minimum absolute atomic E-state index is 0.153. The van der Waals surface area contributed by atoms with Crippen molar-refractivity contribution in [3.8, 4) is 0 Å². The SMILES string of the molecule is COCC(NC(C)c1ccco1)c1ccccc1. The second kappa shape index (κ2) is 6.38. The van der Waals surface area contributed by atoms with Crippen molar-refractivity contribution < 1.29 is 9.15 Å². The largest absolute Gasteiger partial charge is 0.468 e. The van der Waals surface area contributed by atoms with Crippen LogP contribution in [-0.4, -0.2) is 13.7 Å². The first-order valence-corrected chi connectivity index (χ1v) is 6.14. The molecule has 0 radical (unpaired) electrons. The third-order valence-electron chi connectivity index (χ3n) is 2.96. The van der Waals surface area contributed by atoms with Gasteiger partial charge in [-0.1, -0.05) is 30.3 Å². The molecule has 0 amide bonds. The van der Waals surface area contributed by atoms with E-state index >= 15 is 0 Å². The Labute approximate surface area is 108 Å². The Morgan fingerprint density at radius 2 is 1.94 bits per heavy atom. The van der Waals surface area contributed by atoms with Crippen LogP contribution in [0.2, 0.25) is 0 Å². The predicted octanol–water partition coefficient (Wildman–Crippen LogP) is 3.32. The van der Waals surface area contributed by atoms with Crippen LogP contribution >= 0.6 is 0 Å². The van der Waals surface area contributed by atoms with Crippen molar-refractivity contribution in [2.75, 3.05) is 13.7 Å². The van der Waals surface area contributed by atoms with E-state index in [-0.39, 0.29) is 12.1 Å². The lowest BCUT2D eigenvalue weighted by molar-refractivity contribution is 0.160. The summed E-state index contributed by atoms with van der Waals surface area (Å²) in [5, 5.41) is 3.52. The average Bonchev–Trinajstić information content (AvgIpc) is 2.93. The Morgan fingerprint density at radius 3 is 2.56 bits per heavy atom. The molecule has 2 unspecified atom stereocenters. The van der Waals surface area contributed by atoms with Gasteiger partial charge in [-0.05, 0) is 24.6 Å². The van der Waals surface area contributed by atoms with Gasteiger partial charge in [0.15, 0.2) is 0 Å². The van der Waals surface area contributed by atoms with Crippen LogP contribution in [-0.2, 0) is 4.74 Å². The smallest absolute Gasteiger partial charge is 0.120 e. The van der Waals surface area contributed by atoms with Gasteiger partial charge < -0.3 is 9.15 Å². The molecule has 18 heavy (non-hydrogen) atoms. The van der Waals surface area contributed by atoms with Crippen LogP contribution < -0.4 is 5.32 Å². The molecule has 0 aliphatic rings. The minimum atomic E-state index is 0.153. The van der Waals surface area contributed by atoms with Crippen LogP contribution in [0.25, 0.3) is 0 Å². The topological polar surface area (TPSA) is 34.4 Å². The molecule has 96 valence electrons. The maximum absolute atomic E-state index is 5.41. The Bertz CT molecular complexity index is 439. The van der Waals surface area contributed by atoms with Crippen molar-refractivity contribution in [1.29, 1.82) is 0 Å². The number of methoxy groups -OCH3 is 1. The highest BCUT2D eigenvalue weighted by atomic mass is 16.5. The lowest BCUT2D eigenvalue weighted by Crippen LogP contribution is -2.27. The van der Waals surface area contributed by atoms with E-state index in [0.717, 1.165) is 5.76 Å². The summed E-state index contributed by atoms with van der Waals surface area (Å²) in [6.45, 7) is 2.72. The summed E-state index contributed by atoms with van der Waals surface area (Å²) in [7, 11) is 1.72. The highest BCUT2D eigenvalue weighted by Gasteiger charge is 2.16. The number of furan rings is 1. The van der Waals surface area contributed by atoms with Crippen molar-refractivity contribution >= 4 is 0 Å². The van der Waals surface area contributed by atoms with Crippen LogP contribution in [0.15, 0.2) is 53.1 Å². The van der Waals surface area contributed by atoms with Gasteiger partial charge in [0.2, 0.25) is 0 Å². The number of benzene rings is 1. The van der Waals surface area contributed by atoms with Crippen LogP contribution in [0, 0.1) is 0 Å². The monoisotopic (exact) mass is 245 g/mol. The number of rotatable bonds is 6. The second-order valence-corrected chi connectivity index (χ2v) is 4.32. The molecule has 0 aliphatic carbocycles. The third-order valence-corrected chi connectivity index (χ3v) is 2.96. The Balaban J connectivity index is 2.07. The summed E-state index contributed by atoms with van der Waals surface area (Å²) >= 11 is 0. The molecule has 1 aromatic heterocycles. The molecular formula is C15H19NO2. The average molecular weight is 245 g/mol. The van der Waals surface area contributed by atoms with Crippen LogP contribution in [0.3, 0.4) is 0 Å². The fraction of sp³-hybridized carbons (Fsp3) is 0.333. The molecule has 1 N–H and O–H groups in total. The standard InChI is InChI=1S/C15H19NO2/c1-12(15-9-6-10-18-15)16-14(11-17-2)13-7-4-3-5-8-13/h3-10,12,14,16H,11H2,1-2H3. The maximum atomic E-state index is 5.41. The van der Waals surface area contributed by atoms with Gasteiger partial charge in [0.05, 0.1) is 25.0 Å². The van der Waals surface area contributed by atoms with E-state index in [0.29, 0.717) is 6.61 Å². The van der Waals surface area contributed by atoms with Gasteiger partial charge in [-0.25, -0.2) is 0 Å². The normalized spacial score (nSPS) is 14.3. The lowest BCUT2D eigenvalue weighted by atomic mass is 10.1. The molecule has 2 aromatic rings. The lowest BCUT2D eigenvalue weighted by Gasteiger charge is -2.22. The van der Waals surface area contributed by atoms with Crippen molar-refractivity contribution in [1.82, 2.24) is 5.32 Å². The van der Waals surface area contributed by atoms with E-state index in [1.165, 1.54) is 5.56 Å². The van der Waals surface area contributed by atoms with E-state index in [9.17, 15) is 0 Å². The highest BCUT2D eigenvalue weighted by Crippen LogP contribution is 2.20. The number of hydrogen-bond acceptors (Lipinski definition) is 3. The van der Waals surface area contributed by atoms with Gasteiger partial charge in [-0.15, -0.1) is 0 Å². The fourth-order valence-electron chi connectivity index (χ4n) is 2.01. The Hall–Kier alpha value is -1.58. The second-order valence-electron chi connectivity index (χ2n) is 4.32. The van der Waals surface area contributed by atoms with Gasteiger partial charge >= 0.3 is 0 Å². The Morgan fingerprint density at radius 1 is 1.17 bits per heavy atom. The molecule has 2 rings (SSSR count). The molecule has 1 aromatic carbocycles. The molecule has 0 fully saturated rings.